The number of hydrogen-bond acceptors (Lipinski definition) is 3. The maximum Gasteiger partial charge on any atom is 0.111 e. The largest absolute Gasteiger partial charge is 0.392 e. The topological polar surface area (TPSA) is 50.9 Å². The average Bonchev–Trinajstić information content (AvgIpc) is 2.77. The summed E-state index contributed by atoms with van der Waals surface area (Å²) in [6.45, 7) is 2.96. The molecule has 0 radical (unpaired) electrons. The van der Waals surface area contributed by atoms with Gasteiger partial charge in [0.15, 0.2) is 0 Å². The molecule has 2 aromatic heterocycles. The molecule has 0 fully saturated rings. The lowest BCUT2D eigenvalue weighted by Crippen LogP contribution is -2.17. The van der Waals surface area contributed by atoms with E-state index in [-0.39, 0.29) is 0 Å². The Labute approximate surface area is 101 Å². The fraction of sp³-hybridized carbons (Fsp3) is 0.385. The second-order valence-electron chi connectivity index (χ2n) is 4.05. The van der Waals surface area contributed by atoms with Crippen LogP contribution in [0, 0.1) is 0 Å². The number of aromatic nitrogens is 3. The van der Waals surface area contributed by atoms with Crippen molar-refractivity contribution in [2.24, 2.45) is 0 Å². The molecule has 0 amide bonds. The molecule has 0 saturated heterocycles. The van der Waals surface area contributed by atoms with Crippen LogP contribution in [0.4, 0.5) is 0 Å². The molecule has 0 aliphatic heterocycles. The maximum atomic E-state index is 10.0. The van der Waals surface area contributed by atoms with E-state index in [4.69, 9.17) is 0 Å². The predicted octanol–water partition coefficient (Wildman–Crippen LogP) is 1.44. The lowest BCUT2D eigenvalue weighted by atomic mass is 10.1. The van der Waals surface area contributed by atoms with Gasteiger partial charge < -0.3 is 9.67 Å². The summed E-state index contributed by atoms with van der Waals surface area (Å²) < 4.78 is 2.05. The normalized spacial score (nSPS) is 12.6. The van der Waals surface area contributed by atoms with Gasteiger partial charge in [-0.1, -0.05) is 0 Å². The lowest BCUT2D eigenvalue weighted by molar-refractivity contribution is 0.171. The maximum absolute atomic E-state index is 10.0. The highest BCUT2D eigenvalue weighted by atomic mass is 16.3. The van der Waals surface area contributed by atoms with Crippen LogP contribution in [0.1, 0.15) is 18.3 Å². The minimum Gasteiger partial charge on any atom is -0.392 e. The molecular weight excluding hydrogens is 214 g/mol. The molecule has 0 spiro atoms. The SMILES string of the molecule is CCn1ccnc1CC(O)Cc1ccncc1. The fourth-order valence-corrected chi connectivity index (χ4v) is 1.89. The summed E-state index contributed by atoms with van der Waals surface area (Å²) in [5.41, 5.74) is 1.10. The third kappa shape index (κ3) is 3.14. The highest BCUT2D eigenvalue weighted by molar-refractivity contribution is 5.11. The van der Waals surface area contributed by atoms with Gasteiger partial charge in [0.25, 0.3) is 0 Å². The Kier molecular flexibility index (Phi) is 3.88. The molecule has 4 heteroatoms. The number of hydrogen-bond donors (Lipinski definition) is 1. The second kappa shape index (κ2) is 5.59. The molecule has 0 aromatic carbocycles. The minimum absolute atomic E-state index is 0.398. The van der Waals surface area contributed by atoms with Crippen LogP contribution in [0.25, 0.3) is 0 Å². The number of aliphatic hydroxyl groups is 1. The zero-order chi connectivity index (χ0) is 12.1. The summed E-state index contributed by atoms with van der Waals surface area (Å²) in [6, 6.07) is 3.85. The van der Waals surface area contributed by atoms with Crippen molar-refractivity contribution in [3.63, 3.8) is 0 Å². The monoisotopic (exact) mass is 231 g/mol. The van der Waals surface area contributed by atoms with Crippen LogP contribution in [-0.2, 0) is 19.4 Å². The van der Waals surface area contributed by atoms with Crippen molar-refractivity contribution >= 4 is 0 Å². The van der Waals surface area contributed by atoms with Gasteiger partial charge in [0, 0.05) is 37.8 Å². The molecule has 2 heterocycles. The highest BCUT2D eigenvalue weighted by Crippen LogP contribution is 2.07. The van der Waals surface area contributed by atoms with Crippen molar-refractivity contribution in [3.8, 4) is 0 Å². The summed E-state index contributed by atoms with van der Waals surface area (Å²) in [6.07, 6.45) is 8.03. The van der Waals surface area contributed by atoms with Gasteiger partial charge in [-0.3, -0.25) is 4.98 Å². The molecule has 1 N–H and O–H groups in total. The predicted molar refractivity (Wildman–Crippen MR) is 65.6 cm³/mol. The first-order valence-corrected chi connectivity index (χ1v) is 5.86. The van der Waals surface area contributed by atoms with Crippen molar-refractivity contribution in [3.05, 3.63) is 48.3 Å². The summed E-state index contributed by atoms with van der Waals surface area (Å²) in [5, 5.41) is 10.0. The summed E-state index contributed by atoms with van der Waals surface area (Å²) in [7, 11) is 0. The van der Waals surface area contributed by atoms with Crippen molar-refractivity contribution in [1.82, 2.24) is 14.5 Å². The van der Waals surface area contributed by atoms with E-state index in [0.29, 0.717) is 12.8 Å². The van der Waals surface area contributed by atoms with Gasteiger partial charge in [-0.05, 0) is 31.0 Å². The molecule has 0 aliphatic rings. The van der Waals surface area contributed by atoms with E-state index < -0.39 is 6.10 Å². The Bertz CT molecular complexity index is 453. The molecule has 1 unspecified atom stereocenters. The Morgan fingerprint density at radius 3 is 2.71 bits per heavy atom. The van der Waals surface area contributed by atoms with E-state index in [1.54, 1.807) is 18.6 Å². The van der Waals surface area contributed by atoms with Crippen LogP contribution in [0.5, 0.6) is 0 Å². The molecule has 2 rings (SSSR count). The van der Waals surface area contributed by atoms with Gasteiger partial charge >= 0.3 is 0 Å². The molecular formula is C13H17N3O. The van der Waals surface area contributed by atoms with Crippen molar-refractivity contribution in [2.75, 3.05) is 0 Å². The smallest absolute Gasteiger partial charge is 0.111 e. The molecule has 4 nitrogen and oxygen atoms in total. The summed E-state index contributed by atoms with van der Waals surface area (Å²) in [4.78, 5) is 8.22. The van der Waals surface area contributed by atoms with Crippen LogP contribution in [-0.4, -0.2) is 25.7 Å². The number of imidazole rings is 1. The van der Waals surface area contributed by atoms with Crippen LogP contribution in [0.3, 0.4) is 0 Å². The lowest BCUT2D eigenvalue weighted by Gasteiger charge is -2.11. The van der Waals surface area contributed by atoms with E-state index >= 15 is 0 Å². The third-order valence-electron chi connectivity index (χ3n) is 2.78. The first-order chi connectivity index (χ1) is 8.29. The molecule has 0 aliphatic carbocycles. The zero-order valence-corrected chi connectivity index (χ0v) is 9.95. The van der Waals surface area contributed by atoms with E-state index in [0.717, 1.165) is 17.9 Å². The number of pyridine rings is 1. The van der Waals surface area contributed by atoms with Gasteiger partial charge in [0.2, 0.25) is 0 Å². The minimum atomic E-state index is -0.398. The van der Waals surface area contributed by atoms with E-state index in [1.807, 2.05) is 18.3 Å². The molecule has 0 saturated carbocycles. The van der Waals surface area contributed by atoms with Gasteiger partial charge in [0.1, 0.15) is 5.82 Å². The van der Waals surface area contributed by atoms with Crippen LogP contribution >= 0.6 is 0 Å². The van der Waals surface area contributed by atoms with Crippen molar-refractivity contribution in [1.29, 1.82) is 0 Å². The standard InChI is InChI=1S/C13H17N3O/c1-2-16-8-7-15-13(16)10-12(17)9-11-3-5-14-6-4-11/h3-8,12,17H,2,9-10H2,1H3. The zero-order valence-electron chi connectivity index (χ0n) is 9.95. The number of nitrogens with zero attached hydrogens (tertiary/aromatic N) is 3. The molecule has 0 bridgehead atoms. The molecule has 17 heavy (non-hydrogen) atoms. The molecule has 1 atom stereocenters. The van der Waals surface area contributed by atoms with Gasteiger partial charge in [-0.2, -0.15) is 0 Å². The second-order valence-corrected chi connectivity index (χ2v) is 4.05. The summed E-state index contributed by atoms with van der Waals surface area (Å²) >= 11 is 0. The number of aliphatic hydroxyl groups excluding tert-OH is 1. The van der Waals surface area contributed by atoms with Crippen LogP contribution < -0.4 is 0 Å². The van der Waals surface area contributed by atoms with Crippen LogP contribution in [0.15, 0.2) is 36.9 Å². The van der Waals surface area contributed by atoms with E-state index in [9.17, 15) is 5.11 Å². The van der Waals surface area contributed by atoms with Crippen molar-refractivity contribution in [2.45, 2.75) is 32.4 Å². The van der Waals surface area contributed by atoms with E-state index in [2.05, 4.69) is 21.5 Å². The third-order valence-corrected chi connectivity index (χ3v) is 2.78. The summed E-state index contributed by atoms with van der Waals surface area (Å²) in [5.74, 6) is 0.939. The van der Waals surface area contributed by atoms with Crippen molar-refractivity contribution < 1.29 is 5.11 Å². The Morgan fingerprint density at radius 1 is 1.24 bits per heavy atom. The van der Waals surface area contributed by atoms with Crippen LogP contribution in [0.2, 0.25) is 0 Å². The highest BCUT2D eigenvalue weighted by Gasteiger charge is 2.10. The average molecular weight is 231 g/mol. The van der Waals surface area contributed by atoms with Gasteiger partial charge in [-0.25, -0.2) is 4.98 Å². The quantitative estimate of drug-likeness (QED) is 0.847. The Balaban J connectivity index is 1.96. The fourth-order valence-electron chi connectivity index (χ4n) is 1.89. The van der Waals surface area contributed by atoms with Gasteiger partial charge in [0.05, 0.1) is 6.10 Å². The van der Waals surface area contributed by atoms with Gasteiger partial charge in [-0.15, -0.1) is 0 Å². The molecule has 90 valence electrons. The number of rotatable bonds is 5. The Morgan fingerprint density at radius 2 is 2.00 bits per heavy atom. The first-order valence-electron chi connectivity index (χ1n) is 5.86. The first kappa shape index (κ1) is 11.8. The number of aryl methyl sites for hydroxylation is 1. The van der Waals surface area contributed by atoms with E-state index in [1.165, 1.54) is 0 Å². The Hall–Kier alpha value is -1.68. The molecule has 2 aromatic rings.